The van der Waals surface area contributed by atoms with Crippen LogP contribution in [-0.4, -0.2) is 36.8 Å². The molecule has 0 bridgehead atoms. The number of hydrogen-bond acceptors (Lipinski definition) is 4. The van der Waals surface area contributed by atoms with Gasteiger partial charge in [0.15, 0.2) is 11.5 Å². The minimum atomic E-state index is 0.135. The Hall–Kier alpha value is -2.11. The van der Waals surface area contributed by atoms with Gasteiger partial charge in [0.25, 0.3) is 0 Å². The number of hydrogen-bond donors (Lipinski definition) is 2. The second kappa shape index (κ2) is 5.03. The number of oxime groups is 1. The van der Waals surface area contributed by atoms with E-state index in [1.54, 1.807) is 14.2 Å². The molecule has 0 fully saturated rings. The maximum Gasteiger partial charge on any atom is 0.233 e. The number of fused-ring (bicyclic) bond motifs is 1. The molecule has 18 heavy (non-hydrogen) atoms. The first-order valence-electron chi connectivity index (χ1n) is 5.65. The van der Waals surface area contributed by atoms with Gasteiger partial charge in [0.2, 0.25) is 5.96 Å². The number of rotatable bonds is 2. The van der Waals surface area contributed by atoms with Crippen molar-refractivity contribution in [3.8, 4) is 11.5 Å². The highest BCUT2D eigenvalue weighted by atomic mass is 16.5. The van der Waals surface area contributed by atoms with Crippen molar-refractivity contribution < 1.29 is 14.7 Å². The van der Waals surface area contributed by atoms with Crippen molar-refractivity contribution in [2.75, 3.05) is 20.8 Å². The van der Waals surface area contributed by atoms with Crippen LogP contribution in [0.2, 0.25) is 0 Å². The molecule has 0 saturated carbocycles. The summed E-state index contributed by atoms with van der Waals surface area (Å²) in [7, 11) is 3.23. The van der Waals surface area contributed by atoms with Gasteiger partial charge in [0, 0.05) is 13.1 Å². The zero-order valence-electron chi connectivity index (χ0n) is 10.5. The Morgan fingerprint density at radius 2 is 1.89 bits per heavy atom. The molecule has 1 aliphatic rings. The average Bonchev–Trinajstić information content (AvgIpc) is 2.44. The van der Waals surface area contributed by atoms with Gasteiger partial charge in [-0.15, -0.1) is 0 Å². The summed E-state index contributed by atoms with van der Waals surface area (Å²) in [6.07, 6.45) is 0.825. The van der Waals surface area contributed by atoms with E-state index in [9.17, 15) is 0 Å². The lowest BCUT2D eigenvalue weighted by Gasteiger charge is -2.29. The van der Waals surface area contributed by atoms with Crippen LogP contribution in [0.1, 0.15) is 11.1 Å². The van der Waals surface area contributed by atoms with E-state index in [2.05, 4.69) is 5.16 Å². The van der Waals surface area contributed by atoms with E-state index < -0.39 is 0 Å². The van der Waals surface area contributed by atoms with Gasteiger partial charge < -0.3 is 25.3 Å². The van der Waals surface area contributed by atoms with Crippen molar-refractivity contribution in [3.63, 3.8) is 0 Å². The zero-order valence-corrected chi connectivity index (χ0v) is 10.5. The Bertz CT molecular complexity index is 474. The number of nitrogens with two attached hydrogens (primary N) is 1. The molecule has 0 amide bonds. The Balaban J connectivity index is 2.32. The first-order valence-corrected chi connectivity index (χ1v) is 5.65. The van der Waals surface area contributed by atoms with Crippen molar-refractivity contribution in [1.82, 2.24) is 4.90 Å². The third-order valence-corrected chi connectivity index (χ3v) is 3.14. The lowest BCUT2D eigenvalue weighted by atomic mass is 9.99. The van der Waals surface area contributed by atoms with Gasteiger partial charge in [0.05, 0.1) is 14.2 Å². The Labute approximate surface area is 106 Å². The Morgan fingerprint density at radius 3 is 2.44 bits per heavy atom. The molecule has 3 N–H and O–H groups in total. The monoisotopic (exact) mass is 251 g/mol. The summed E-state index contributed by atoms with van der Waals surface area (Å²) in [5.41, 5.74) is 7.91. The zero-order chi connectivity index (χ0) is 13.1. The van der Waals surface area contributed by atoms with Crippen LogP contribution in [0.25, 0.3) is 0 Å². The molecular formula is C12H17N3O3. The predicted octanol–water partition coefficient (Wildman–Crippen LogP) is 0.766. The quantitative estimate of drug-likeness (QED) is 0.351. The van der Waals surface area contributed by atoms with E-state index in [1.807, 2.05) is 17.0 Å². The second-order valence-electron chi connectivity index (χ2n) is 4.11. The third kappa shape index (κ3) is 2.13. The van der Waals surface area contributed by atoms with Crippen LogP contribution in [0.4, 0.5) is 0 Å². The van der Waals surface area contributed by atoms with Crippen LogP contribution < -0.4 is 15.2 Å². The van der Waals surface area contributed by atoms with Gasteiger partial charge in [-0.2, -0.15) is 0 Å². The lowest BCUT2D eigenvalue weighted by Crippen LogP contribution is -2.40. The second-order valence-corrected chi connectivity index (χ2v) is 4.11. The SMILES string of the molecule is COc1cc2c(cc1OC)CN(C(N)=NO)CC2. The summed E-state index contributed by atoms with van der Waals surface area (Å²) in [5.74, 6) is 1.56. The van der Waals surface area contributed by atoms with Crippen LogP contribution >= 0.6 is 0 Å². The lowest BCUT2D eigenvalue weighted by molar-refractivity contribution is 0.292. The third-order valence-electron chi connectivity index (χ3n) is 3.14. The van der Waals surface area contributed by atoms with Crippen LogP contribution in [0.5, 0.6) is 11.5 Å². The highest BCUT2D eigenvalue weighted by molar-refractivity contribution is 5.77. The number of guanidine groups is 1. The van der Waals surface area contributed by atoms with E-state index in [0.717, 1.165) is 24.3 Å². The maximum absolute atomic E-state index is 8.69. The van der Waals surface area contributed by atoms with Crippen molar-refractivity contribution in [3.05, 3.63) is 23.3 Å². The minimum Gasteiger partial charge on any atom is -0.493 e. The van der Waals surface area contributed by atoms with E-state index >= 15 is 0 Å². The predicted molar refractivity (Wildman–Crippen MR) is 67.1 cm³/mol. The fourth-order valence-corrected chi connectivity index (χ4v) is 2.14. The van der Waals surface area contributed by atoms with Gasteiger partial charge in [-0.3, -0.25) is 0 Å². The van der Waals surface area contributed by atoms with Crippen molar-refractivity contribution in [2.24, 2.45) is 10.9 Å². The Kier molecular flexibility index (Phi) is 3.45. The van der Waals surface area contributed by atoms with Crippen molar-refractivity contribution in [2.45, 2.75) is 13.0 Å². The van der Waals surface area contributed by atoms with E-state index in [0.29, 0.717) is 12.3 Å². The highest BCUT2D eigenvalue weighted by Crippen LogP contribution is 2.33. The van der Waals surface area contributed by atoms with Crippen LogP contribution in [-0.2, 0) is 13.0 Å². The molecule has 0 atom stereocenters. The number of benzene rings is 1. The molecule has 6 nitrogen and oxygen atoms in total. The highest BCUT2D eigenvalue weighted by Gasteiger charge is 2.20. The van der Waals surface area contributed by atoms with Gasteiger partial charge in [-0.1, -0.05) is 5.16 Å². The van der Waals surface area contributed by atoms with Crippen LogP contribution in [0, 0.1) is 0 Å². The number of ether oxygens (including phenoxy) is 2. The molecule has 2 rings (SSSR count). The molecule has 6 heteroatoms. The summed E-state index contributed by atoms with van der Waals surface area (Å²) < 4.78 is 10.5. The van der Waals surface area contributed by atoms with E-state index in [1.165, 1.54) is 5.56 Å². The molecule has 0 spiro atoms. The normalized spacial score (nSPS) is 15.2. The first-order chi connectivity index (χ1) is 8.69. The standard InChI is InChI=1S/C12H17N3O3/c1-17-10-5-8-3-4-15(12(13)14-16)7-9(8)6-11(10)18-2/h5-6,16H,3-4,7H2,1-2H3,(H2,13,14). The summed E-state index contributed by atoms with van der Waals surface area (Å²) >= 11 is 0. The van der Waals surface area contributed by atoms with Gasteiger partial charge >= 0.3 is 0 Å². The molecule has 1 aliphatic heterocycles. The number of methoxy groups -OCH3 is 2. The minimum absolute atomic E-state index is 0.135. The largest absolute Gasteiger partial charge is 0.493 e. The molecule has 0 unspecified atom stereocenters. The molecule has 1 aromatic rings. The van der Waals surface area contributed by atoms with Crippen molar-refractivity contribution in [1.29, 1.82) is 0 Å². The first kappa shape index (κ1) is 12.3. The molecule has 0 saturated heterocycles. The molecular weight excluding hydrogens is 234 g/mol. The van der Waals surface area contributed by atoms with Crippen LogP contribution in [0.15, 0.2) is 17.3 Å². The molecule has 98 valence electrons. The average molecular weight is 251 g/mol. The topological polar surface area (TPSA) is 80.3 Å². The molecule has 0 aliphatic carbocycles. The van der Waals surface area contributed by atoms with Gasteiger partial charge in [-0.05, 0) is 29.7 Å². The fourth-order valence-electron chi connectivity index (χ4n) is 2.14. The van der Waals surface area contributed by atoms with E-state index in [4.69, 9.17) is 20.4 Å². The summed E-state index contributed by atoms with van der Waals surface area (Å²) in [6.45, 7) is 1.32. The van der Waals surface area contributed by atoms with E-state index in [-0.39, 0.29) is 5.96 Å². The maximum atomic E-state index is 8.69. The van der Waals surface area contributed by atoms with Gasteiger partial charge in [0.1, 0.15) is 0 Å². The summed E-state index contributed by atoms with van der Waals surface area (Å²) in [4.78, 5) is 1.81. The molecule has 1 heterocycles. The Morgan fingerprint density at radius 1 is 1.28 bits per heavy atom. The summed E-state index contributed by atoms with van der Waals surface area (Å²) in [6, 6.07) is 3.92. The number of nitrogens with zero attached hydrogens (tertiary/aromatic N) is 2. The molecule has 0 aromatic heterocycles. The smallest absolute Gasteiger partial charge is 0.233 e. The van der Waals surface area contributed by atoms with Crippen LogP contribution in [0.3, 0.4) is 0 Å². The molecule has 0 radical (unpaired) electrons. The molecule has 1 aromatic carbocycles. The van der Waals surface area contributed by atoms with Crippen molar-refractivity contribution >= 4 is 5.96 Å². The summed E-state index contributed by atoms with van der Waals surface area (Å²) in [5, 5.41) is 11.7. The van der Waals surface area contributed by atoms with Gasteiger partial charge in [-0.25, -0.2) is 0 Å². The fraction of sp³-hybridized carbons (Fsp3) is 0.417.